The standard InChI is InChI=1S/C12H13NO2/c1-8-3-4-10-9(7-8)13(2)11(14)12(15-10)5-6-12/h3-4,7H,5-6H2,1-2H3. The van der Waals surface area contributed by atoms with Crippen molar-refractivity contribution in [1.82, 2.24) is 0 Å². The van der Waals surface area contributed by atoms with Gasteiger partial charge in [0.25, 0.3) is 5.91 Å². The molecule has 0 aromatic heterocycles. The molecular weight excluding hydrogens is 190 g/mol. The monoisotopic (exact) mass is 203 g/mol. The predicted molar refractivity (Wildman–Crippen MR) is 57.2 cm³/mol. The predicted octanol–water partition coefficient (Wildman–Crippen LogP) is 1.88. The minimum Gasteiger partial charge on any atom is -0.475 e. The van der Waals surface area contributed by atoms with Crippen molar-refractivity contribution >= 4 is 11.6 Å². The Kier molecular flexibility index (Phi) is 1.48. The van der Waals surface area contributed by atoms with Crippen molar-refractivity contribution in [2.75, 3.05) is 11.9 Å². The largest absolute Gasteiger partial charge is 0.475 e. The van der Waals surface area contributed by atoms with Gasteiger partial charge in [-0.1, -0.05) is 6.07 Å². The first-order valence-corrected chi connectivity index (χ1v) is 5.20. The summed E-state index contributed by atoms with van der Waals surface area (Å²) in [5, 5.41) is 0. The lowest BCUT2D eigenvalue weighted by molar-refractivity contribution is -0.127. The fourth-order valence-corrected chi connectivity index (χ4v) is 2.07. The summed E-state index contributed by atoms with van der Waals surface area (Å²) in [4.78, 5) is 13.7. The molecule has 1 spiro atoms. The van der Waals surface area contributed by atoms with Gasteiger partial charge in [-0.2, -0.15) is 0 Å². The van der Waals surface area contributed by atoms with E-state index >= 15 is 0 Å². The highest BCUT2D eigenvalue weighted by atomic mass is 16.5. The minimum absolute atomic E-state index is 0.0978. The van der Waals surface area contributed by atoms with Crippen molar-refractivity contribution < 1.29 is 9.53 Å². The van der Waals surface area contributed by atoms with Gasteiger partial charge in [-0.25, -0.2) is 0 Å². The van der Waals surface area contributed by atoms with Crippen molar-refractivity contribution in [2.24, 2.45) is 0 Å². The van der Waals surface area contributed by atoms with Gasteiger partial charge in [0.2, 0.25) is 0 Å². The average Bonchev–Trinajstić information content (AvgIpc) is 2.98. The molecular formula is C12H13NO2. The zero-order chi connectivity index (χ0) is 10.6. The quantitative estimate of drug-likeness (QED) is 0.644. The van der Waals surface area contributed by atoms with E-state index in [-0.39, 0.29) is 5.91 Å². The summed E-state index contributed by atoms with van der Waals surface area (Å²) in [5.74, 6) is 0.931. The van der Waals surface area contributed by atoms with Crippen molar-refractivity contribution in [3.8, 4) is 5.75 Å². The molecule has 3 nitrogen and oxygen atoms in total. The number of likely N-dealkylation sites (N-methyl/N-ethyl adjacent to an activating group) is 1. The Morgan fingerprint density at radius 2 is 2.13 bits per heavy atom. The summed E-state index contributed by atoms with van der Waals surface area (Å²) < 4.78 is 5.78. The Labute approximate surface area is 88.6 Å². The highest BCUT2D eigenvalue weighted by molar-refractivity contribution is 6.04. The fraction of sp³-hybridized carbons (Fsp3) is 0.417. The van der Waals surface area contributed by atoms with Crippen molar-refractivity contribution in [1.29, 1.82) is 0 Å². The normalized spacial score (nSPS) is 21.2. The number of carbonyl (C=O) groups is 1. The lowest BCUT2D eigenvalue weighted by Crippen LogP contribution is -2.45. The second kappa shape index (κ2) is 2.54. The Balaban J connectivity index is 2.13. The van der Waals surface area contributed by atoms with E-state index in [9.17, 15) is 4.79 Å². The van der Waals surface area contributed by atoms with Gasteiger partial charge < -0.3 is 9.64 Å². The Morgan fingerprint density at radius 3 is 2.80 bits per heavy atom. The summed E-state index contributed by atoms with van der Waals surface area (Å²) in [7, 11) is 1.82. The first kappa shape index (κ1) is 8.77. The van der Waals surface area contributed by atoms with E-state index in [1.807, 2.05) is 32.2 Å². The maximum absolute atomic E-state index is 12.0. The number of hydrogen-bond donors (Lipinski definition) is 0. The Hall–Kier alpha value is -1.51. The zero-order valence-electron chi connectivity index (χ0n) is 8.91. The first-order valence-electron chi connectivity index (χ1n) is 5.20. The molecule has 0 N–H and O–H groups in total. The number of fused-ring (bicyclic) bond motifs is 1. The van der Waals surface area contributed by atoms with Crippen LogP contribution in [0.3, 0.4) is 0 Å². The Morgan fingerprint density at radius 1 is 1.40 bits per heavy atom. The number of aryl methyl sites for hydroxylation is 1. The molecule has 1 heterocycles. The van der Waals surface area contributed by atoms with E-state index in [0.717, 1.165) is 29.8 Å². The van der Waals surface area contributed by atoms with Crippen LogP contribution >= 0.6 is 0 Å². The molecule has 3 rings (SSSR count). The highest BCUT2D eigenvalue weighted by Crippen LogP contribution is 2.48. The van der Waals surface area contributed by atoms with E-state index in [1.165, 1.54) is 0 Å². The third-order valence-corrected chi connectivity index (χ3v) is 3.18. The fourth-order valence-electron chi connectivity index (χ4n) is 2.07. The molecule has 1 aliphatic carbocycles. The number of amides is 1. The van der Waals surface area contributed by atoms with Gasteiger partial charge in [0.1, 0.15) is 5.75 Å². The minimum atomic E-state index is -0.517. The molecule has 0 atom stereocenters. The molecule has 1 aromatic carbocycles. The number of nitrogens with zero attached hydrogens (tertiary/aromatic N) is 1. The van der Waals surface area contributed by atoms with Crippen LogP contribution in [0.4, 0.5) is 5.69 Å². The van der Waals surface area contributed by atoms with Gasteiger partial charge in [0.05, 0.1) is 5.69 Å². The van der Waals surface area contributed by atoms with Gasteiger partial charge in [0.15, 0.2) is 5.60 Å². The molecule has 15 heavy (non-hydrogen) atoms. The second-order valence-corrected chi connectivity index (χ2v) is 4.43. The molecule has 1 amide bonds. The molecule has 1 aromatic rings. The molecule has 0 bridgehead atoms. The smallest absolute Gasteiger partial charge is 0.271 e. The van der Waals surface area contributed by atoms with Crippen LogP contribution in [-0.4, -0.2) is 18.6 Å². The van der Waals surface area contributed by atoms with Gasteiger partial charge in [-0.15, -0.1) is 0 Å². The van der Waals surface area contributed by atoms with Gasteiger partial charge >= 0.3 is 0 Å². The second-order valence-electron chi connectivity index (χ2n) is 4.43. The third-order valence-electron chi connectivity index (χ3n) is 3.18. The number of anilines is 1. The molecule has 1 saturated carbocycles. The van der Waals surface area contributed by atoms with Crippen LogP contribution in [0.2, 0.25) is 0 Å². The summed E-state index contributed by atoms with van der Waals surface area (Å²) >= 11 is 0. The molecule has 3 heteroatoms. The Bertz CT molecular complexity index is 449. The molecule has 1 aliphatic heterocycles. The number of ether oxygens (including phenoxy) is 1. The number of rotatable bonds is 0. The first-order chi connectivity index (χ1) is 7.12. The summed E-state index contributed by atoms with van der Waals surface area (Å²) in [6, 6.07) is 5.95. The number of hydrogen-bond acceptors (Lipinski definition) is 2. The van der Waals surface area contributed by atoms with Crippen LogP contribution in [0.1, 0.15) is 18.4 Å². The number of benzene rings is 1. The van der Waals surface area contributed by atoms with Crippen LogP contribution in [0.15, 0.2) is 18.2 Å². The van der Waals surface area contributed by atoms with Crippen LogP contribution in [0, 0.1) is 6.92 Å². The maximum Gasteiger partial charge on any atom is 0.271 e. The van der Waals surface area contributed by atoms with E-state index < -0.39 is 5.60 Å². The molecule has 0 radical (unpaired) electrons. The van der Waals surface area contributed by atoms with Gasteiger partial charge in [-0.3, -0.25) is 4.79 Å². The van der Waals surface area contributed by atoms with Crippen LogP contribution < -0.4 is 9.64 Å². The van der Waals surface area contributed by atoms with Gasteiger partial charge in [0, 0.05) is 19.9 Å². The maximum atomic E-state index is 12.0. The van der Waals surface area contributed by atoms with Crippen molar-refractivity contribution in [2.45, 2.75) is 25.4 Å². The topological polar surface area (TPSA) is 29.5 Å². The van der Waals surface area contributed by atoms with Crippen molar-refractivity contribution in [3.63, 3.8) is 0 Å². The molecule has 78 valence electrons. The molecule has 1 fully saturated rings. The van der Waals surface area contributed by atoms with E-state index in [2.05, 4.69) is 0 Å². The molecule has 0 saturated heterocycles. The molecule has 2 aliphatic rings. The van der Waals surface area contributed by atoms with Gasteiger partial charge in [-0.05, 0) is 24.6 Å². The summed E-state index contributed by atoms with van der Waals surface area (Å²) in [5.41, 5.74) is 1.51. The lowest BCUT2D eigenvalue weighted by Gasteiger charge is -2.32. The summed E-state index contributed by atoms with van der Waals surface area (Å²) in [6.45, 7) is 2.01. The van der Waals surface area contributed by atoms with Crippen LogP contribution in [0.25, 0.3) is 0 Å². The lowest BCUT2D eigenvalue weighted by atomic mass is 10.1. The average molecular weight is 203 g/mol. The van der Waals surface area contributed by atoms with E-state index in [4.69, 9.17) is 4.74 Å². The van der Waals surface area contributed by atoms with E-state index in [1.54, 1.807) is 4.90 Å². The SMILES string of the molecule is Cc1ccc2c(c1)N(C)C(=O)C1(CC1)O2. The van der Waals surface area contributed by atoms with E-state index in [0.29, 0.717) is 0 Å². The zero-order valence-corrected chi connectivity index (χ0v) is 8.91. The van der Waals surface area contributed by atoms with Crippen LogP contribution in [0.5, 0.6) is 5.75 Å². The summed E-state index contributed by atoms with van der Waals surface area (Å²) in [6.07, 6.45) is 1.70. The highest BCUT2D eigenvalue weighted by Gasteiger charge is 2.57. The molecule has 0 unspecified atom stereocenters. The van der Waals surface area contributed by atoms with Crippen molar-refractivity contribution in [3.05, 3.63) is 23.8 Å². The number of carbonyl (C=O) groups excluding carboxylic acids is 1. The van der Waals surface area contributed by atoms with Crippen LogP contribution in [-0.2, 0) is 4.79 Å². The third kappa shape index (κ3) is 1.09.